The smallest absolute Gasteiger partial charge is 0.354 e. The Morgan fingerprint density at radius 2 is 0.586 bits per heavy atom. The van der Waals surface area contributed by atoms with Gasteiger partial charge in [0.1, 0.15) is 0 Å². The Bertz CT molecular complexity index is 6990. The molecule has 0 fully saturated rings. The molecule has 5 aromatic heterocycles. The largest absolute Gasteiger partial charge is 0.553 e. The standard InChI is InChI=1S/C103H78N8/c1-57-13-25-72(26-14-57)96-84-43-45-86-97(73-27-15-58(2)16-28-73)88-47-49-90-99(91-50-48-89-98(74-29-17-59(3)18-30-74)87-46-44-85(96)109(87)103(108(84)86,110(88)90)111(89)91)75-33-23-70(24-34-75)20-19-69-21-31-71(32-22-69)95-76-35-37-78(104-76)100(92-63(7)51-60(4)52-64(92)8)80-39-41-82(106-80)102(94-67(11)55-62(6)56-68(94)12)83-42-40-81(107-83)101(79-38-36-77(95)105-79)93-65(9)53-61(5)54-66(93)10/h13-18,21-56H,1-12H3/p+2. The number of nitrogens with one attached hydrogen (secondary N) is 2. The molecule has 530 valence electrons. The van der Waals surface area contributed by atoms with Crippen molar-refractivity contribution < 1.29 is 9.15 Å². The molecule has 0 saturated heterocycles. The fourth-order valence-electron chi connectivity index (χ4n) is 19.7. The molecule has 1 spiro atoms. The van der Waals surface area contributed by atoms with Crippen molar-refractivity contribution >= 4 is 80.1 Å². The summed E-state index contributed by atoms with van der Waals surface area (Å²) in [5, 5.41) is 2.36. The maximum absolute atomic E-state index is 5.75. The van der Waals surface area contributed by atoms with Gasteiger partial charge in [0.2, 0.25) is 22.8 Å². The third-order valence-electron chi connectivity index (χ3n) is 24.0. The molecule has 0 amide bonds. The number of H-pyrrole nitrogens is 2. The van der Waals surface area contributed by atoms with E-state index in [1.807, 2.05) is 0 Å². The summed E-state index contributed by atoms with van der Waals surface area (Å²) in [5.74, 6) is 6.34. The summed E-state index contributed by atoms with van der Waals surface area (Å²) in [6.07, 6.45) is 18.3. The monoisotopic (exact) mass is 1430 g/mol. The number of aromatic nitrogens is 6. The molecular formula is C103H80N8+2. The Labute approximate surface area is 646 Å². The molecule has 0 radical (unpaired) electrons. The molecule has 21 rings (SSSR count). The van der Waals surface area contributed by atoms with Gasteiger partial charge in [0.15, 0.2) is 0 Å². The molecule has 111 heavy (non-hydrogen) atoms. The van der Waals surface area contributed by atoms with Gasteiger partial charge in [-0.1, -0.05) is 188 Å². The normalized spacial score (nSPS) is 15.7. The molecule has 8 bridgehead atoms. The third-order valence-corrected chi connectivity index (χ3v) is 24.0. The van der Waals surface area contributed by atoms with Gasteiger partial charge in [0.25, 0.3) is 0 Å². The first kappa shape index (κ1) is 65.8. The number of rotatable bonds is 8. The highest BCUT2D eigenvalue weighted by Gasteiger charge is 2.73. The first-order valence-electron chi connectivity index (χ1n) is 38.7. The Morgan fingerprint density at radius 1 is 0.279 bits per heavy atom. The zero-order valence-electron chi connectivity index (χ0n) is 64.4. The van der Waals surface area contributed by atoms with Crippen molar-refractivity contribution in [2.45, 2.75) is 89.0 Å². The first-order chi connectivity index (χ1) is 53.9. The van der Waals surface area contributed by atoms with Gasteiger partial charge in [-0.3, -0.25) is 0 Å². The van der Waals surface area contributed by atoms with E-state index in [4.69, 9.17) is 9.97 Å². The summed E-state index contributed by atoms with van der Waals surface area (Å²) in [5.41, 5.74) is 49.0. The van der Waals surface area contributed by atoms with Crippen LogP contribution < -0.4 is 10.7 Å². The lowest BCUT2D eigenvalue weighted by molar-refractivity contribution is -0.834. The molecule has 13 aromatic rings. The van der Waals surface area contributed by atoms with Gasteiger partial charge in [-0.15, -0.1) is 0 Å². The van der Waals surface area contributed by atoms with Crippen LogP contribution >= 0.6 is 0 Å². The second kappa shape index (κ2) is 24.3. The van der Waals surface area contributed by atoms with Gasteiger partial charge in [-0.25, -0.2) is 9.97 Å². The Kier molecular flexibility index (Phi) is 14.4. The molecule has 1 unspecified atom stereocenters. The highest BCUT2D eigenvalue weighted by molar-refractivity contribution is 6.30. The number of hydrogen-bond donors (Lipinski definition) is 2. The van der Waals surface area contributed by atoms with Crippen LogP contribution in [-0.2, 0) is 5.91 Å². The van der Waals surface area contributed by atoms with Crippen molar-refractivity contribution in [3.05, 3.63) is 387 Å². The van der Waals surface area contributed by atoms with Crippen molar-refractivity contribution in [2.24, 2.45) is 0 Å². The minimum absolute atomic E-state index is 0.859. The van der Waals surface area contributed by atoms with Crippen LogP contribution in [0.15, 0.2) is 242 Å². The van der Waals surface area contributed by atoms with Gasteiger partial charge in [-0.05, 0) is 258 Å². The summed E-state index contributed by atoms with van der Waals surface area (Å²) in [6.45, 7) is 26.4. The minimum atomic E-state index is -0.890. The zero-order chi connectivity index (χ0) is 75.3. The van der Waals surface area contributed by atoms with Crippen LogP contribution in [-0.4, -0.2) is 49.6 Å². The fraction of sp³-hybridized carbons (Fsp3) is 0.126. The van der Waals surface area contributed by atoms with Crippen LogP contribution in [0.1, 0.15) is 134 Å². The maximum Gasteiger partial charge on any atom is 0.553 e. The van der Waals surface area contributed by atoms with E-state index in [1.54, 1.807) is 0 Å². The van der Waals surface area contributed by atoms with E-state index >= 15 is 0 Å². The van der Waals surface area contributed by atoms with Gasteiger partial charge >= 0.3 is 5.91 Å². The lowest BCUT2D eigenvalue weighted by Crippen LogP contribution is -2.71. The van der Waals surface area contributed by atoms with Crippen molar-refractivity contribution in [1.29, 1.82) is 0 Å². The molecule has 2 N–H and O–H groups in total. The van der Waals surface area contributed by atoms with Gasteiger partial charge in [0.05, 0.1) is 67.2 Å². The lowest BCUT2D eigenvalue weighted by Gasteiger charge is -2.41. The third kappa shape index (κ3) is 9.74. The Balaban J connectivity index is 0.716. The molecule has 8 aromatic carbocycles. The van der Waals surface area contributed by atoms with Crippen LogP contribution in [0.5, 0.6) is 0 Å². The molecule has 8 nitrogen and oxygen atoms in total. The number of nitrogens with zero attached hydrogens (tertiary/aromatic N) is 6. The maximum atomic E-state index is 5.75. The number of hydrogen-bond acceptors (Lipinski definition) is 2. The molecule has 0 aliphatic carbocycles. The van der Waals surface area contributed by atoms with E-state index in [9.17, 15) is 0 Å². The summed E-state index contributed by atoms with van der Waals surface area (Å²) in [4.78, 5) is 19.6. The Morgan fingerprint density at radius 3 is 0.937 bits per heavy atom. The highest BCUT2D eigenvalue weighted by atomic mass is 15.6. The van der Waals surface area contributed by atoms with Crippen molar-refractivity contribution in [1.82, 2.24) is 29.1 Å². The highest BCUT2D eigenvalue weighted by Crippen LogP contribution is 2.54. The van der Waals surface area contributed by atoms with Crippen LogP contribution in [0.4, 0.5) is 0 Å². The van der Waals surface area contributed by atoms with Crippen LogP contribution in [0.3, 0.4) is 0 Å². The van der Waals surface area contributed by atoms with Crippen LogP contribution in [0.25, 0.3) is 113 Å². The summed E-state index contributed by atoms with van der Waals surface area (Å²) in [6, 6.07) is 77.2. The minimum Gasteiger partial charge on any atom is -0.354 e. The number of aromatic amines is 2. The topological polar surface area (TPSA) is 73.2 Å². The molecule has 8 heteroatoms. The fourth-order valence-corrected chi connectivity index (χ4v) is 19.7. The van der Waals surface area contributed by atoms with E-state index in [0.29, 0.717) is 0 Å². The van der Waals surface area contributed by atoms with E-state index in [1.165, 1.54) is 156 Å². The summed E-state index contributed by atoms with van der Waals surface area (Å²) in [7, 11) is 0. The Hall–Kier alpha value is -13.5. The van der Waals surface area contributed by atoms with Gasteiger partial charge in [-0.2, -0.15) is 9.13 Å². The van der Waals surface area contributed by atoms with E-state index in [-0.39, 0.29) is 0 Å². The van der Waals surface area contributed by atoms with E-state index < -0.39 is 5.91 Å². The number of allylic oxidation sites excluding steroid dienone is 4. The first-order valence-corrected chi connectivity index (χ1v) is 38.7. The van der Waals surface area contributed by atoms with E-state index in [2.05, 4.69) is 378 Å². The second-order valence-corrected chi connectivity index (χ2v) is 31.7. The predicted octanol–water partition coefficient (Wildman–Crippen LogP) is 21.2. The summed E-state index contributed by atoms with van der Waals surface area (Å²) < 4.78 is 10.7. The SMILES string of the molecule is Cc1ccc(C2=C3C=CC4=[N+]3C35n6c2ccc6C(c2ccc(C#Cc6ccc(-c7c8nc(c(-c9c(C)cc(C)cc9C)c9ccc([nH]9)c(-c9c(C)cc(C)cc9C)c9nc(c(-c%10c(C)cc(C)cc%10C)c%10ccc7[nH]%10)C=C9)C=C8)cc6)cc2)=C2C=CC(=[N+]23)C(c2ccc(C)cc2)=c2ccc(n25)=C4c2ccc(C)cc2)cc1. The number of fused-ring (bicyclic) bond motifs is 8. The average Bonchev–Trinajstić information content (AvgIpc) is 1.48. The number of aryl methyl sites for hydroxylation is 12. The predicted molar refractivity (Wildman–Crippen MR) is 457 cm³/mol. The van der Waals surface area contributed by atoms with Crippen LogP contribution in [0.2, 0.25) is 0 Å². The molecular weight excluding hydrogens is 1350 g/mol. The quantitative estimate of drug-likeness (QED) is 0.118. The molecule has 8 aliphatic rings. The average molecular weight is 1430 g/mol. The summed E-state index contributed by atoms with van der Waals surface area (Å²) >= 11 is 0. The molecule has 0 saturated carbocycles. The van der Waals surface area contributed by atoms with Gasteiger partial charge in [0, 0.05) is 79.8 Å². The van der Waals surface area contributed by atoms with Gasteiger partial charge < -0.3 is 9.97 Å². The lowest BCUT2D eigenvalue weighted by atomic mass is 9.92. The van der Waals surface area contributed by atoms with Crippen molar-refractivity contribution in [2.75, 3.05) is 0 Å². The second-order valence-electron chi connectivity index (χ2n) is 31.7. The zero-order valence-corrected chi connectivity index (χ0v) is 64.4. The molecule has 13 heterocycles. The molecule has 8 aliphatic heterocycles. The van der Waals surface area contributed by atoms with Crippen LogP contribution in [0, 0.1) is 94.9 Å². The van der Waals surface area contributed by atoms with E-state index in [0.717, 1.165) is 101 Å². The van der Waals surface area contributed by atoms with Crippen molar-refractivity contribution in [3.8, 4) is 56.3 Å². The van der Waals surface area contributed by atoms with Crippen molar-refractivity contribution in [3.63, 3.8) is 0 Å². The molecule has 1 atom stereocenters. The number of benzene rings is 8.